The van der Waals surface area contributed by atoms with E-state index in [9.17, 15) is 9.59 Å². The Balaban J connectivity index is 2.20. The van der Waals surface area contributed by atoms with E-state index >= 15 is 0 Å². The van der Waals surface area contributed by atoms with Gasteiger partial charge in [0.1, 0.15) is 0 Å². The summed E-state index contributed by atoms with van der Waals surface area (Å²) in [7, 11) is 0. The molecule has 2 amide bonds. The van der Waals surface area contributed by atoms with Crippen LogP contribution in [0.4, 0.5) is 5.69 Å². The van der Waals surface area contributed by atoms with E-state index in [-0.39, 0.29) is 11.8 Å². The maximum atomic E-state index is 12.4. The van der Waals surface area contributed by atoms with Gasteiger partial charge >= 0.3 is 0 Å². The molecule has 1 fully saturated rings. The highest BCUT2D eigenvalue weighted by Crippen LogP contribution is 2.30. The molecule has 0 spiro atoms. The fourth-order valence-corrected chi connectivity index (χ4v) is 2.45. The van der Waals surface area contributed by atoms with E-state index in [1.54, 1.807) is 24.0 Å². The number of carbonyl (C=O) groups is 2. The summed E-state index contributed by atoms with van der Waals surface area (Å²) in [6.45, 7) is 4.61. The second kappa shape index (κ2) is 4.57. The Kier molecular flexibility index (Phi) is 3.22. The molecule has 1 unspecified atom stereocenters. The van der Waals surface area contributed by atoms with Gasteiger partial charge in [-0.2, -0.15) is 0 Å². The summed E-state index contributed by atoms with van der Waals surface area (Å²) in [6, 6.07) is 5.28. The van der Waals surface area contributed by atoms with Crippen LogP contribution < -0.4 is 11.5 Å². The topological polar surface area (TPSA) is 89.4 Å². The van der Waals surface area contributed by atoms with Crippen molar-refractivity contribution in [3.8, 4) is 0 Å². The van der Waals surface area contributed by atoms with Crippen molar-refractivity contribution in [2.75, 3.05) is 18.8 Å². The second-order valence-corrected chi connectivity index (χ2v) is 5.53. The van der Waals surface area contributed by atoms with Gasteiger partial charge in [-0.3, -0.25) is 9.59 Å². The standard InChI is InChI=1S/C14H19N3O2/c1-9-5-10(7-11(15)6-9)12(18)17-4-3-14(2,8-17)13(16)19/h5-7H,3-4,8,15H2,1-2H3,(H2,16,19). The van der Waals surface area contributed by atoms with Crippen LogP contribution in [0.15, 0.2) is 18.2 Å². The molecule has 5 nitrogen and oxygen atoms in total. The molecule has 102 valence electrons. The molecule has 0 radical (unpaired) electrons. The Morgan fingerprint density at radius 2 is 2.00 bits per heavy atom. The Morgan fingerprint density at radius 1 is 1.32 bits per heavy atom. The minimum Gasteiger partial charge on any atom is -0.399 e. The highest BCUT2D eigenvalue weighted by Gasteiger charge is 2.40. The molecule has 1 aromatic carbocycles. The first-order chi connectivity index (χ1) is 8.82. The molecular formula is C14H19N3O2. The zero-order chi connectivity index (χ0) is 14.2. The normalized spacial score (nSPS) is 22.5. The van der Waals surface area contributed by atoms with Gasteiger partial charge in [0.05, 0.1) is 5.41 Å². The lowest BCUT2D eigenvalue weighted by molar-refractivity contribution is -0.126. The summed E-state index contributed by atoms with van der Waals surface area (Å²) < 4.78 is 0. The molecule has 0 bridgehead atoms. The van der Waals surface area contributed by atoms with Crippen LogP contribution in [0.1, 0.15) is 29.3 Å². The van der Waals surface area contributed by atoms with E-state index in [1.165, 1.54) is 0 Å². The van der Waals surface area contributed by atoms with Gasteiger partial charge in [-0.15, -0.1) is 0 Å². The summed E-state index contributed by atoms with van der Waals surface area (Å²) >= 11 is 0. The number of nitrogen functional groups attached to an aromatic ring is 1. The molecule has 1 atom stereocenters. The fourth-order valence-electron chi connectivity index (χ4n) is 2.45. The van der Waals surface area contributed by atoms with E-state index < -0.39 is 5.41 Å². The summed E-state index contributed by atoms with van der Waals surface area (Å²) in [5.41, 5.74) is 12.6. The first kappa shape index (κ1) is 13.4. The highest BCUT2D eigenvalue weighted by molar-refractivity contribution is 5.96. The van der Waals surface area contributed by atoms with Gasteiger partial charge in [0.15, 0.2) is 0 Å². The number of hydrogen-bond acceptors (Lipinski definition) is 3. The van der Waals surface area contributed by atoms with Crippen LogP contribution in [-0.2, 0) is 4.79 Å². The molecular weight excluding hydrogens is 242 g/mol. The zero-order valence-corrected chi connectivity index (χ0v) is 11.3. The number of amides is 2. The number of primary amides is 1. The third-order valence-electron chi connectivity index (χ3n) is 3.70. The van der Waals surface area contributed by atoms with Gasteiger partial charge in [-0.05, 0) is 44.0 Å². The number of benzene rings is 1. The average Bonchev–Trinajstić information content (AvgIpc) is 2.71. The van der Waals surface area contributed by atoms with E-state index in [4.69, 9.17) is 11.5 Å². The van der Waals surface area contributed by atoms with Crippen molar-refractivity contribution in [1.82, 2.24) is 4.90 Å². The fraction of sp³-hybridized carbons (Fsp3) is 0.429. The van der Waals surface area contributed by atoms with Gasteiger partial charge in [0, 0.05) is 24.3 Å². The van der Waals surface area contributed by atoms with Crippen LogP contribution in [-0.4, -0.2) is 29.8 Å². The number of carbonyl (C=O) groups excluding carboxylic acids is 2. The SMILES string of the molecule is Cc1cc(N)cc(C(=O)N2CCC(C)(C(N)=O)C2)c1. The van der Waals surface area contributed by atoms with Crippen molar-refractivity contribution >= 4 is 17.5 Å². The average molecular weight is 261 g/mol. The largest absolute Gasteiger partial charge is 0.399 e. The third-order valence-corrected chi connectivity index (χ3v) is 3.70. The Bertz CT molecular complexity index is 521. The lowest BCUT2D eigenvalue weighted by atomic mass is 9.89. The number of anilines is 1. The number of nitrogens with zero attached hydrogens (tertiary/aromatic N) is 1. The molecule has 0 aliphatic carbocycles. The van der Waals surface area contributed by atoms with Crippen LogP contribution in [0, 0.1) is 12.3 Å². The van der Waals surface area contributed by atoms with E-state index in [0.29, 0.717) is 30.8 Å². The van der Waals surface area contributed by atoms with Crippen molar-refractivity contribution in [1.29, 1.82) is 0 Å². The number of rotatable bonds is 2. The Hall–Kier alpha value is -2.04. The van der Waals surface area contributed by atoms with Crippen LogP contribution in [0.5, 0.6) is 0 Å². The molecule has 1 saturated heterocycles. The van der Waals surface area contributed by atoms with E-state index in [1.807, 2.05) is 13.0 Å². The van der Waals surface area contributed by atoms with E-state index in [2.05, 4.69) is 0 Å². The predicted octanol–water partition coefficient (Wildman–Crippen LogP) is 0.915. The van der Waals surface area contributed by atoms with Crippen molar-refractivity contribution in [3.05, 3.63) is 29.3 Å². The van der Waals surface area contributed by atoms with Crippen molar-refractivity contribution in [2.24, 2.45) is 11.1 Å². The molecule has 0 aromatic heterocycles. The van der Waals surface area contributed by atoms with Crippen LogP contribution in [0.3, 0.4) is 0 Å². The number of likely N-dealkylation sites (tertiary alicyclic amines) is 1. The number of aryl methyl sites for hydroxylation is 1. The Morgan fingerprint density at radius 3 is 2.53 bits per heavy atom. The molecule has 0 saturated carbocycles. The van der Waals surface area contributed by atoms with Crippen LogP contribution in [0.25, 0.3) is 0 Å². The second-order valence-electron chi connectivity index (χ2n) is 5.53. The minimum atomic E-state index is -0.620. The first-order valence-corrected chi connectivity index (χ1v) is 6.28. The monoisotopic (exact) mass is 261 g/mol. The summed E-state index contributed by atoms with van der Waals surface area (Å²) in [6.07, 6.45) is 0.607. The number of hydrogen-bond donors (Lipinski definition) is 2. The zero-order valence-electron chi connectivity index (χ0n) is 11.3. The predicted molar refractivity (Wildman–Crippen MR) is 73.4 cm³/mol. The van der Waals surface area contributed by atoms with Crippen molar-refractivity contribution in [3.63, 3.8) is 0 Å². The highest BCUT2D eigenvalue weighted by atomic mass is 16.2. The smallest absolute Gasteiger partial charge is 0.253 e. The third kappa shape index (κ3) is 2.54. The van der Waals surface area contributed by atoms with Crippen molar-refractivity contribution in [2.45, 2.75) is 20.3 Å². The molecule has 19 heavy (non-hydrogen) atoms. The Labute approximate surface area is 112 Å². The van der Waals surface area contributed by atoms with Crippen LogP contribution in [0.2, 0.25) is 0 Å². The van der Waals surface area contributed by atoms with Crippen LogP contribution >= 0.6 is 0 Å². The van der Waals surface area contributed by atoms with Gasteiger partial charge in [0.2, 0.25) is 5.91 Å². The summed E-state index contributed by atoms with van der Waals surface area (Å²) in [4.78, 5) is 25.4. The molecule has 5 heteroatoms. The maximum Gasteiger partial charge on any atom is 0.253 e. The molecule has 1 aliphatic heterocycles. The first-order valence-electron chi connectivity index (χ1n) is 6.28. The quantitative estimate of drug-likeness (QED) is 0.775. The lowest BCUT2D eigenvalue weighted by Crippen LogP contribution is -2.38. The lowest BCUT2D eigenvalue weighted by Gasteiger charge is -2.21. The maximum absolute atomic E-state index is 12.4. The van der Waals surface area contributed by atoms with Gasteiger partial charge in [-0.25, -0.2) is 0 Å². The molecule has 1 heterocycles. The minimum absolute atomic E-state index is 0.0969. The van der Waals surface area contributed by atoms with Gasteiger partial charge < -0.3 is 16.4 Å². The van der Waals surface area contributed by atoms with Crippen molar-refractivity contribution < 1.29 is 9.59 Å². The molecule has 2 rings (SSSR count). The van der Waals surface area contributed by atoms with Gasteiger partial charge in [0.25, 0.3) is 5.91 Å². The summed E-state index contributed by atoms with van der Waals surface area (Å²) in [5.74, 6) is -0.452. The van der Waals surface area contributed by atoms with E-state index in [0.717, 1.165) is 5.56 Å². The van der Waals surface area contributed by atoms with Gasteiger partial charge in [-0.1, -0.05) is 0 Å². The molecule has 4 N–H and O–H groups in total. The molecule has 1 aliphatic rings. The summed E-state index contributed by atoms with van der Waals surface area (Å²) in [5, 5.41) is 0. The number of nitrogens with two attached hydrogens (primary N) is 2. The molecule has 1 aromatic rings.